The number of nitrogens with zero attached hydrogens (tertiary/aromatic N) is 6. The van der Waals surface area contributed by atoms with Gasteiger partial charge in [-0.25, -0.2) is 15.0 Å². The van der Waals surface area contributed by atoms with Crippen molar-refractivity contribution in [2.24, 2.45) is 0 Å². The highest BCUT2D eigenvalue weighted by atomic mass is 16.2. The van der Waals surface area contributed by atoms with Crippen molar-refractivity contribution in [3.8, 4) is 5.82 Å². The van der Waals surface area contributed by atoms with E-state index in [4.69, 9.17) is 4.98 Å². The number of pyridine rings is 1. The number of hydrogen-bond donors (Lipinski definition) is 0. The van der Waals surface area contributed by atoms with Gasteiger partial charge in [-0.15, -0.1) is 0 Å². The lowest BCUT2D eigenvalue weighted by atomic mass is 9.94. The summed E-state index contributed by atoms with van der Waals surface area (Å²) in [6.45, 7) is 5.64. The zero-order chi connectivity index (χ0) is 19.5. The Hall–Kier alpha value is -3.09. The summed E-state index contributed by atoms with van der Waals surface area (Å²) in [4.78, 5) is 32.1. The van der Waals surface area contributed by atoms with Gasteiger partial charge in [0.2, 0.25) is 0 Å². The SMILES string of the molecule is CC(C)c1nccn1-c1cccc([C@H]2CCCN(C(=O)c3cnccn3)C2)n1. The van der Waals surface area contributed by atoms with Crippen LogP contribution in [-0.4, -0.2) is 48.4 Å². The Kier molecular flexibility index (Phi) is 5.14. The Balaban J connectivity index is 1.56. The van der Waals surface area contributed by atoms with Gasteiger partial charge in [-0.1, -0.05) is 19.9 Å². The summed E-state index contributed by atoms with van der Waals surface area (Å²) < 4.78 is 2.04. The topological polar surface area (TPSA) is 76.8 Å². The second-order valence-corrected chi connectivity index (χ2v) is 7.41. The predicted molar refractivity (Wildman–Crippen MR) is 105 cm³/mol. The van der Waals surface area contributed by atoms with E-state index < -0.39 is 0 Å². The van der Waals surface area contributed by atoms with E-state index in [1.165, 1.54) is 6.20 Å². The molecule has 1 saturated heterocycles. The van der Waals surface area contributed by atoms with Crippen LogP contribution in [0.2, 0.25) is 0 Å². The van der Waals surface area contributed by atoms with Crippen molar-refractivity contribution < 1.29 is 4.79 Å². The molecule has 0 N–H and O–H groups in total. The third-order valence-electron chi connectivity index (χ3n) is 5.10. The van der Waals surface area contributed by atoms with Crippen LogP contribution in [-0.2, 0) is 0 Å². The average molecular weight is 376 g/mol. The van der Waals surface area contributed by atoms with Crippen LogP contribution in [0.3, 0.4) is 0 Å². The van der Waals surface area contributed by atoms with Gasteiger partial charge >= 0.3 is 0 Å². The molecule has 7 heteroatoms. The molecule has 3 aromatic heterocycles. The van der Waals surface area contributed by atoms with Crippen LogP contribution in [0.1, 0.15) is 60.5 Å². The molecule has 1 fully saturated rings. The average Bonchev–Trinajstić information content (AvgIpc) is 3.24. The fourth-order valence-corrected chi connectivity index (χ4v) is 3.71. The molecule has 1 aliphatic rings. The molecule has 7 nitrogen and oxygen atoms in total. The zero-order valence-corrected chi connectivity index (χ0v) is 16.2. The second kappa shape index (κ2) is 7.88. The molecular weight excluding hydrogens is 352 g/mol. The molecule has 4 rings (SSSR count). The summed E-state index contributed by atoms with van der Waals surface area (Å²) >= 11 is 0. The van der Waals surface area contributed by atoms with Crippen LogP contribution >= 0.6 is 0 Å². The van der Waals surface area contributed by atoms with Crippen LogP contribution in [0.15, 0.2) is 49.2 Å². The molecule has 0 bridgehead atoms. The van der Waals surface area contributed by atoms with E-state index in [-0.39, 0.29) is 11.8 Å². The van der Waals surface area contributed by atoms with E-state index in [1.54, 1.807) is 12.4 Å². The van der Waals surface area contributed by atoms with Gasteiger partial charge in [-0.05, 0) is 25.0 Å². The first-order valence-corrected chi connectivity index (χ1v) is 9.69. The van der Waals surface area contributed by atoms with Gasteiger partial charge in [0.05, 0.1) is 6.20 Å². The van der Waals surface area contributed by atoms with E-state index >= 15 is 0 Å². The Bertz CT molecular complexity index is 952. The second-order valence-electron chi connectivity index (χ2n) is 7.41. The van der Waals surface area contributed by atoms with E-state index in [0.29, 0.717) is 18.2 Å². The van der Waals surface area contributed by atoms with Gasteiger partial charge in [-0.2, -0.15) is 0 Å². The van der Waals surface area contributed by atoms with Gasteiger partial charge in [0.15, 0.2) is 0 Å². The first kappa shape index (κ1) is 18.3. The maximum Gasteiger partial charge on any atom is 0.274 e. The number of imidazole rings is 1. The molecule has 0 saturated carbocycles. The number of amides is 1. The summed E-state index contributed by atoms with van der Waals surface area (Å²) in [7, 11) is 0. The van der Waals surface area contributed by atoms with Crippen LogP contribution in [0.25, 0.3) is 5.82 Å². The third-order valence-corrected chi connectivity index (χ3v) is 5.10. The fourth-order valence-electron chi connectivity index (χ4n) is 3.71. The molecule has 28 heavy (non-hydrogen) atoms. The number of likely N-dealkylation sites (tertiary alicyclic amines) is 1. The molecule has 0 unspecified atom stereocenters. The monoisotopic (exact) mass is 376 g/mol. The third kappa shape index (κ3) is 3.65. The number of aromatic nitrogens is 5. The fraction of sp³-hybridized carbons (Fsp3) is 0.381. The highest BCUT2D eigenvalue weighted by Gasteiger charge is 2.27. The minimum atomic E-state index is -0.0642. The van der Waals surface area contributed by atoms with Gasteiger partial charge < -0.3 is 4.90 Å². The van der Waals surface area contributed by atoms with Crippen molar-refractivity contribution in [1.29, 1.82) is 0 Å². The first-order chi connectivity index (χ1) is 13.6. The van der Waals surface area contributed by atoms with Crippen molar-refractivity contribution in [3.63, 3.8) is 0 Å². The number of rotatable bonds is 4. The van der Waals surface area contributed by atoms with Crippen molar-refractivity contribution in [2.45, 2.75) is 38.5 Å². The normalized spacial score (nSPS) is 17.1. The van der Waals surface area contributed by atoms with E-state index in [0.717, 1.165) is 36.7 Å². The molecule has 0 spiro atoms. The molecule has 0 radical (unpaired) electrons. The first-order valence-electron chi connectivity index (χ1n) is 9.69. The number of hydrogen-bond acceptors (Lipinski definition) is 5. The summed E-state index contributed by atoms with van der Waals surface area (Å²) in [6.07, 6.45) is 10.4. The Labute approximate surface area is 164 Å². The van der Waals surface area contributed by atoms with Crippen molar-refractivity contribution in [1.82, 2.24) is 29.4 Å². The van der Waals surface area contributed by atoms with Gasteiger partial charge in [0.25, 0.3) is 5.91 Å². The lowest BCUT2D eigenvalue weighted by molar-refractivity contribution is 0.0699. The molecule has 1 atom stereocenters. The Morgan fingerprint density at radius 2 is 2.07 bits per heavy atom. The minimum Gasteiger partial charge on any atom is -0.337 e. The summed E-state index contributed by atoms with van der Waals surface area (Å²) in [5.74, 6) is 2.32. The zero-order valence-electron chi connectivity index (χ0n) is 16.2. The Morgan fingerprint density at radius 1 is 1.18 bits per heavy atom. The molecular formula is C21H24N6O. The summed E-state index contributed by atoms with van der Waals surface area (Å²) in [5, 5.41) is 0. The van der Waals surface area contributed by atoms with Gasteiger partial charge in [-0.3, -0.25) is 14.3 Å². The maximum atomic E-state index is 12.7. The highest BCUT2D eigenvalue weighted by Crippen LogP contribution is 2.27. The number of carbonyl (C=O) groups is 1. The smallest absolute Gasteiger partial charge is 0.274 e. The van der Waals surface area contributed by atoms with Crippen molar-refractivity contribution in [3.05, 3.63) is 66.4 Å². The van der Waals surface area contributed by atoms with Crippen LogP contribution < -0.4 is 0 Å². The minimum absolute atomic E-state index is 0.0642. The standard InChI is InChI=1S/C21H24N6O/c1-15(2)20-24-10-12-27(20)19-7-3-6-17(25-19)16-5-4-11-26(14-16)21(28)18-13-22-8-9-23-18/h3,6-10,12-13,15-16H,4-5,11,14H2,1-2H3/t16-/m0/s1. The Morgan fingerprint density at radius 3 is 2.86 bits per heavy atom. The van der Waals surface area contributed by atoms with Crippen LogP contribution in [0.4, 0.5) is 0 Å². The lowest BCUT2D eigenvalue weighted by Gasteiger charge is -2.32. The van der Waals surface area contributed by atoms with E-state index in [9.17, 15) is 4.79 Å². The number of carbonyl (C=O) groups excluding carboxylic acids is 1. The largest absolute Gasteiger partial charge is 0.337 e. The van der Waals surface area contributed by atoms with Gasteiger partial charge in [0, 0.05) is 55.4 Å². The molecule has 1 aliphatic heterocycles. The van der Waals surface area contributed by atoms with E-state index in [2.05, 4.69) is 34.9 Å². The lowest BCUT2D eigenvalue weighted by Crippen LogP contribution is -2.39. The van der Waals surface area contributed by atoms with Crippen LogP contribution in [0, 0.1) is 0 Å². The van der Waals surface area contributed by atoms with Crippen LogP contribution in [0.5, 0.6) is 0 Å². The van der Waals surface area contributed by atoms with E-state index in [1.807, 2.05) is 34.0 Å². The summed E-state index contributed by atoms with van der Waals surface area (Å²) in [5.41, 5.74) is 1.41. The highest BCUT2D eigenvalue weighted by molar-refractivity contribution is 5.92. The molecule has 144 valence electrons. The number of piperidine rings is 1. The maximum absolute atomic E-state index is 12.7. The molecule has 3 aromatic rings. The van der Waals surface area contributed by atoms with Crippen molar-refractivity contribution >= 4 is 5.91 Å². The summed E-state index contributed by atoms with van der Waals surface area (Å²) in [6, 6.07) is 6.09. The predicted octanol–water partition coefficient (Wildman–Crippen LogP) is 3.20. The van der Waals surface area contributed by atoms with Crippen molar-refractivity contribution in [2.75, 3.05) is 13.1 Å². The molecule has 0 aromatic carbocycles. The molecule has 0 aliphatic carbocycles. The van der Waals surface area contributed by atoms with Gasteiger partial charge in [0.1, 0.15) is 17.3 Å². The molecule has 1 amide bonds. The quantitative estimate of drug-likeness (QED) is 0.699. The molecule has 4 heterocycles.